The fourth-order valence-electron chi connectivity index (χ4n) is 1.18. The van der Waals surface area contributed by atoms with Gasteiger partial charge in [-0.3, -0.25) is 0 Å². The number of nitrogens with one attached hydrogen (secondary N) is 1. The third-order valence-electron chi connectivity index (χ3n) is 2.10. The molecule has 110 valence electrons. The highest BCUT2D eigenvalue weighted by Gasteiger charge is 2.26. The summed E-state index contributed by atoms with van der Waals surface area (Å²) >= 11 is 1.00. The molecular formula is C9H16F3N5OS. The third-order valence-corrected chi connectivity index (χ3v) is 3.06. The minimum Gasteiger partial charge on any atom is -0.383 e. The number of ether oxygens (including phenoxy) is 1. The number of alkyl halides is 3. The summed E-state index contributed by atoms with van der Waals surface area (Å²) in [7, 11) is 1.61. The molecule has 0 amide bonds. The van der Waals surface area contributed by atoms with Gasteiger partial charge in [0, 0.05) is 26.0 Å². The number of hydrogen-bond donors (Lipinski definition) is 1. The van der Waals surface area contributed by atoms with Crippen molar-refractivity contribution in [2.24, 2.45) is 0 Å². The highest BCUT2D eigenvalue weighted by atomic mass is 32.2. The van der Waals surface area contributed by atoms with Crippen LogP contribution in [0.4, 0.5) is 13.2 Å². The molecule has 1 aromatic rings. The Labute approximate surface area is 113 Å². The Morgan fingerprint density at radius 3 is 2.84 bits per heavy atom. The van der Waals surface area contributed by atoms with E-state index in [-0.39, 0.29) is 5.75 Å². The van der Waals surface area contributed by atoms with Crippen LogP contribution in [0.15, 0.2) is 5.16 Å². The number of aromatic nitrogens is 4. The van der Waals surface area contributed by atoms with Crippen molar-refractivity contribution in [3.8, 4) is 0 Å². The normalized spacial score (nSPS) is 12.0. The van der Waals surface area contributed by atoms with E-state index in [1.54, 1.807) is 7.11 Å². The van der Waals surface area contributed by atoms with Crippen molar-refractivity contribution in [1.29, 1.82) is 0 Å². The van der Waals surface area contributed by atoms with Crippen molar-refractivity contribution in [2.45, 2.75) is 24.3 Å². The van der Waals surface area contributed by atoms with Gasteiger partial charge in [-0.05, 0) is 10.4 Å². The maximum Gasteiger partial charge on any atom is 0.389 e. The minimum absolute atomic E-state index is 0.0824. The summed E-state index contributed by atoms with van der Waals surface area (Å²) in [6, 6.07) is 0. The summed E-state index contributed by atoms with van der Waals surface area (Å²) in [5.41, 5.74) is 0. The Morgan fingerprint density at radius 2 is 2.16 bits per heavy atom. The molecule has 1 aromatic heterocycles. The van der Waals surface area contributed by atoms with E-state index in [2.05, 4.69) is 20.8 Å². The Balaban J connectivity index is 2.26. The minimum atomic E-state index is -4.15. The average Bonchev–Trinajstić information content (AvgIpc) is 2.75. The highest BCUT2D eigenvalue weighted by molar-refractivity contribution is 7.99. The largest absolute Gasteiger partial charge is 0.389 e. The number of rotatable bonds is 9. The fraction of sp³-hybridized carbons (Fsp3) is 0.889. The molecule has 19 heavy (non-hydrogen) atoms. The van der Waals surface area contributed by atoms with Crippen LogP contribution in [0.2, 0.25) is 0 Å². The summed E-state index contributed by atoms with van der Waals surface area (Å²) in [5.74, 6) is -0.0824. The van der Waals surface area contributed by atoms with Gasteiger partial charge in [0.2, 0.25) is 5.16 Å². The summed E-state index contributed by atoms with van der Waals surface area (Å²) < 4.78 is 42.4. The standard InChI is InChI=1S/C9H16F3N5OS/c1-18-6-4-13-3-5-17-8(14-15-16-17)19-7-2-9(10,11)12/h13H,2-7H2,1H3. The first-order valence-electron chi connectivity index (χ1n) is 5.68. The van der Waals surface area contributed by atoms with Crippen LogP contribution in [0.3, 0.4) is 0 Å². The van der Waals surface area contributed by atoms with E-state index >= 15 is 0 Å². The Hall–Kier alpha value is -0.870. The molecule has 0 aliphatic rings. The number of hydrogen-bond acceptors (Lipinski definition) is 6. The van der Waals surface area contributed by atoms with Crippen LogP contribution >= 0.6 is 11.8 Å². The quantitative estimate of drug-likeness (QED) is 0.541. The molecule has 10 heteroatoms. The molecule has 0 spiro atoms. The van der Waals surface area contributed by atoms with E-state index in [4.69, 9.17) is 4.74 Å². The summed E-state index contributed by atoms with van der Waals surface area (Å²) in [5, 5.41) is 14.4. The number of tetrazole rings is 1. The molecule has 1 N–H and O–H groups in total. The van der Waals surface area contributed by atoms with Crippen molar-refractivity contribution in [3.63, 3.8) is 0 Å². The van der Waals surface area contributed by atoms with Crippen LogP contribution in [0, 0.1) is 0 Å². The van der Waals surface area contributed by atoms with E-state index in [0.29, 0.717) is 31.4 Å². The van der Waals surface area contributed by atoms with E-state index in [1.807, 2.05) is 0 Å². The average molecular weight is 299 g/mol. The van der Waals surface area contributed by atoms with Gasteiger partial charge in [-0.2, -0.15) is 13.2 Å². The van der Waals surface area contributed by atoms with Crippen molar-refractivity contribution in [2.75, 3.05) is 32.6 Å². The molecule has 0 aliphatic carbocycles. The fourth-order valence-corrected chi connectivity index (χ4v) is 2.07. The number of methoxy groups -OCH3 is 1. The van der Waals surface area contributed by atoms with Crippen molar-refractivity contribution < 1.29 is 17.9 Å². The van der Waals surface area contributed by atoms with E-state index in [9.17, 15) is 13.2 Å². The maximum absolute atomic E-state index is 12.0. The van der Waals surface area contributed by atoms with Crippen LogP contribution < -0.4 is 5.32 Å². The van der Waals surface area contributed by atoms with Gasteiger partial charge in [-0.15, -0.1) is 5.10 Å². The lowest BCUT2D eigenvalue weighted by Crippen LogP contribution is -2.24. The molecule has 0 bridgehead atoms. The van der Waals surface area contributed by atoms with Gasteiger partial charge in [0.15, 0.2) is 0 Å². The molecule has 1 rings (SSSR count). The van der Waals surface area contributed by atoms with Gasteiger partial charge >= 0.3 is 6.18 Å². The van der Waals surface area contributed by atoms with Crippen LogP contribution in [0.5, 0.6) is 0 Å². The molecule has 0 saturated heterocycles. The van der Waals surface area contributed by atoms with Crippen LogP contribution in [-0.4, -0.2) is 58.9 Å². The molecule has 0 aliphatic heterocycles. The number of nitrogens with zero attached hydrogens (tertiary/aromatic N) is 4. The lowest BCUT2D eigenvalue weighted by atomic mass is 10.5. The van der Waals surface area contributed by atoms with Gasteiger partial charge in [0.1, 0.15) is 0 Å². The molecule has 0 fully saturated rings. The second-order valence-electron chi connectivity index (χ2n) is 3.64. The molecule has 0 aromatic carbocycles. The third kappa shape index (κ3) is 7.33. The number of halogens is 3. The van der Waals surface area contributed by atoms with E-state index < -0.39 is 12.6 Å². The molecule has 0 radical (unpaired) electrons. The topological polar surface area (TPSA) is 64.9 Å². The lowest BCUT2D eigenvalue weighted by molar-refractivity contribution is -0.129. The molecule has 6 nitrogen and oxygen atoms in total. The first kappa shape index (κ1) is 16.2. The lowest BCUT2D eigenvalue weighted by Gasteiger charge is -2.07. The van der Waals surface area contributed by atoms with Gasteiger partial charge in [-0.1, -0.05) is 11.8 Å². The molecule has 0 unspecified atom stereocenters. The molecule has 0 saturated carbocycles. The predicted octanol–water partition coefficient (Wildman–Crippen LogP) is 0.954. The van der Waals surface area contributed by atoms with Crippen LogP contribution in [0.1, 0.15) is 6.42 Å². The SMILES string of the molecule is COCCNCCn1nnnc1SCCC(F)(F)F. The highest BCUT2D eigenvalue weighted by Crippen LogP contribution is 2.24. The second-order valence-corrected chi connectivity index (χ2v) is 4.70. The summed E-state index contributed by atoms with van der Waals surface area (Å²) in [6.07, 6.45) is -5.00. The van der Waals surface area contributed by atoms with Crippen LogP contribution in [0.25, 0.3) is 0 Å². The summed E-state index contributed by atoms with van der Waals surface area (Å²) in [4.78, 5) is 0. The zero-order chi connectivity index (χ0) is 14.1. The first-order valence-corrected chi connectivity index (χ1v) is 6.67. The van der Waals surface area contributed by atoms with Gasteiger partial charge in [0.05, 0.1) is 19.6 Å². The molecular weight excluding hydrogens is 283 g/mol. The Kier molecular flexibility index (Phi) is 7.10. The molecule has 0 atom stereocenters. The van der Waals surface area contributed by atoms with E-state index in [1.165, 1.54) is 4.68 Å². The molecule has 1 heterocycles. The predicted molar refractivity (Wildman–Crippen MR) is 64.0 cm³/mol. The Morgan fingerprint density at radius 1 is 1.37 bits per heavy atom. The van der Waals surface area contributed by atoms with Gasteiger partial charge in [-0.25, -0.2) is 4.68 Å². The zero-order valence-electron chi connectivity index (χ0n) is 10.5. The van der Waals surface area contributed by atoms with Gasteiger partial charge in [0.25, 0.3) is 0 Å². The maximum atomic E-state index is 12.0. The van der Waals surface area contributed by atoms with Crippen molar-refractivity contribution in [3.05, 3.63) is 0 Å². The van der Waals surface area contributed by atoms with Crippen molar-refractivity contribution >= 4 is 11.8 Å². The van der Waals surface area contributed by atoms with E-state index in [0.717, 1.165) is 11.8 Å². The van der Waals surface area contributed by atoms with Crippen LogP contribution in [-0.2, 0) is 11.3 Å². The summed E-state index contributed by atoms with van der Waals surface area (Å²) in [6.45, 7) is 2.43. The smallest absolute Gasteiger partial charge is 0.383 e. The Bertz CT molecular complexity index is 360. The second kappa shape index (κ2) is 8.33. The number of thioether (sulfide) groups is 1. The van der Waals surface area contributed by atoms with Gasteiger partial charge < -0.3 is 10.1 Å². The first-order chi connectivity index (χ1) is 9.03. The van der Waals surface area contributed by atoms with Crippen molar-refractivity contribution in [1.82, 2.24) is 25.5 Å². The zero-order valence-corrected chi connectivity index (χ0v) is 11.3. The monoisotopic (exact) mass is 299 g/mol.